The number of fused-ring (bicyclic) bond motifs is 1. The van der Waals surface area contributed by atoms with E-state index in [0.29, 0.717) is 18.4 Å². The van der Waals surface area contributed by atoms with Crippen molar-refractivity contribution in [2.75, 3.05) is 0 Å². The molecule has 1 atom stereocenters. The van der Waals surface area contributed by atoms with Crippen LogP contribution in [0.1, 0.15) is 24.0 Å². The average molecular weight is 216 g/mol. The standard InChI is InChI=1S/C11H11F3O/c12-11(13,14)10(15)7-3-5-8-4-1-2-6-9(8)10/h1-2,4,6,15H,3,5,7H2. The van der Waals surface area contributed by atoms with Crippen LogP contribution in [0, 0.1) is 0 Å². The highest BCUT2D eigenvalue weighted by molar-refractivity contribution is 5.35. The fraction of sp³-hybridized carbons (Fsp3) is 0.455. The minimum absolute atomic E-state index is 0.0174. The Labute approximate surface area is 85.5 Å². The molecule has 2 rings (SSSR count). The van der Waals surface area contributed by atoms with Crippen molar-refractivity contribution in [1.82, 2.24) is 0 Å². The van der Waals surface area contributed by atoms with Gasteiger partial charge in [-0.1, -0.05) is 24.3 Å². The molecule has 0 radical (unpaired) electrons. The maximum absolute atomic E-state index is 12.8. The second-order valence-electron chi connectivity index (χ2n) is 3.87. The molecule has 0 saturated carbocycles. The van der Waals surface area contributed by atoms with Crippen LogP contribution in [0.25, 0.3) is 0 Å². The van der Waals surface area contributed by atoms with Gasteiger partial charge in [-0.25, -0.2) is 0 Å². The molecule has 1 aliphatic carbocycles. The van der Waals surface area contributed by atoms with Gasteiger partial charge in [0.15, 0.2) is 5.60 Å². The molecular formula is C11H11F3O. The first-order valence-corrected chi connectivity index (χ1v) is 4.83. The van der Waals surface area contributed by atoms with E-state index in [9.17, 15) is 18.3 Å². The molecule has 0 heterocycles. The van der Waals surface area contributed by atoms with E-state index in [1.165, 1.54) is 12.1 Å². The number of aliphatic hydroxyl groups is 1. The van der Waals surface area contributed by atoms with Crippen molar-refractivity contribution in [3.63, 3.8) is 0 Å². The van der Waals surface area contributed by atoms with Crippen LogP contribution in [0.2, 0.25) is 0 Å². The van der Waals surface area contributed by atoms with Crippen molar-refractivity contribution in [2.45, 2.75) is 31.0 Å². The summed E-state index contributed by atoms with van der Waals surface area (Å²) in [6.45, 7) is 0. The van der Waals surface area contributed by atoms with Gasteiger partial charge in [-0.3, -0.25) is 0 Å². The molecule has 0 aromatic heterocycles. The fourth-order valence-electron chi connectivity index (χ4n) is 2.11. The van der Waals surface area contributed by atoms with E-state index in [1.54, 1.807) is 12.1 Å². The average Bonchev–Trinajstić information content (AvgIpc) is 2.17. The van der Waals surface area contributed by atoms with Crippen LogP contribution >= 0.6 is 0 Å². The van der Waals surface area contributed by atoms with Crippen LogP contribution in [0.3, 0.4) is 0 Å². The summed E-state index contributed by atoms with van der Waals surface area (Å²) < 4.78 is 38.3. The SMILES string of the molecule is OC1(C(F)(F)F)CCCc2ccccc21. The number of hydrogen-bond acceptors (Lipinski definition) is 1. The Morgan fingerprint density at radius 3 is 2.53 bits per heavy atom. The minimum atomic E-state index is -4.59. The zero-order valence-corrected chi connectivity index (χ0v) is 8.01. The maximum atomic E-state index is 12.8. The minimum Gasteiger partial charge on any atom is -0.376 e. The Morgan fingerprint density at radius 1 is 1.20 bits per heavy atom. The lowest BCUT2D eigenvalue weighted by Gasteiger charge is -2.35. The summed E-state index contributed by atoms with van der Waals surface area (Å²) in [5, 5.41) is 9.73. The number of rotatable bonds is 0. The summed E-state index contributed by atoms with van der Waals surface area (Å²) >= 11 is 0. The Balaban J connectivity index is 2.55. The van der Waals surface area contributed by atoms with E-state index in [2.05, 4.69) is 0 Å². The third kappa shape index (κ3) is 1.53. The molecule has 4 heteroatoms. The number of alkyl halides is 3. The van der Waals surface area contributed by atoms with Gasteiger partial charge in [0.05, 0.1) is 0 Å². The normalized spacial score (nSPS) is 26.1. The van der Waals surface area contributed by atoms with Crippen LogP contribution in [0.5, 0.6) is 0 Å². The topological polar surface area (TPSA) is 20.2 Å². The zero-order valence-electron chi connectivity index (χ0n) is 8.01. The second kappa shape index (κ2) is 3.23. The summed E-state index contributed by atoms with van der Waals surface area (Å²) in [6.07, 6.45) is -3.86. The van der Waals surface area contributed by atoms with E-state index >= 15 is 0 Å². The van der Waals surface area contributed by atoms with Crippen molar-refractivity contribution < 1.29 is 18.3 Å². The molecule has 15 heavy (non-hydrogen) atoms. The van der Waals surface area contributed by atoms with E-state index in [4.69, 9.17) is 0 Å². The summed E-state index contributed by atoms with van der Waals surface area (Å²) in [4.78, 5) is 0. The van der Waals surface area contributed by atoms with Crippen molar-refractivity contribution in [1.29, 1.82) is 0 Å². The molecule has 1 unspecified atom stereocenters. The number of aryl methyl sites for hydroxylation is 1. The van der Waals surface area contributed by atoms with Crippen molar-refractivity contribution in [3.05, 3.63) is 35.4 Å². The number of hydrogen-bond donors (Lipinski definition) is 1. The monoisotopic (exact) mass is 216 g/mol. The highest BCUT2D eigenvalue weighted by atomic mass is 19.4. The lowest BCUT2D eigenvalue weighted by atomic mass is 9.79. The van der Waals surface area contributed by atoms with Crippen molar-refractivity contribution in [2.24, 2.45) is 0 Å². The van der Waals surface area contributed by atoms with Gasteiger partial charge in [-0.15, -0.1) is 0 Å². The van der Waals surface area contributed by atoms with Gasteiger partial charge >= 0.3 is 6.18 Å². The van der Waals surface area contributed by atoms with Gasteiger partial charge in [0.25, 0.3) is 0 Å². The molecule has 82 valence electrons. The lowest BCUT2D eigenvalue weighted by Crippen LogP contribution is -2.44. The van der Waals surface area contributed by atoms with E-state index in [-0.39, 0.29) is 12.0 Å². The van der Waals surface area contributed by atoms with Crippen molar-refractivity contribution >= 4 is 0 Å². The predicted molar refractivity (Wildman–Crippen MR) is 49.3 cm³/mol. The van der Waals surface area contributed by atoms with Crippen LogP contribution in [0.15, 0.2) is 24.3 Å². The molecule has 1 aromatic carbocycles. The first-order chi connectivity index (χ1) is 6.95. The molecule has 0 saturated heterocycles. The summed E-state index contributed by atoms with van der Waals surface area (Å²) in [5.74, 6) is 0. The van der Waals surface area contributed by atoms with Crippen LogP contribution in [0.4, 0.5) is 13.2 Å². The quantitative estimate of drug-likeness (QED) is 0.707. The largest absolute Gasteiger partial charge is 0.421 e. The first kappa shape index (κ1) is 10.5. The highest BCUT2D eigenvalue weighted by Crippen LogP contribution is 2.46. The predicted octanol–water partition coefficient (Wildman–Crippen LogP) is 2.77. The third-order valence-corrected chi connectivity index (χ3v) is 2.92. The third-order valence-electron chi connectivity index (χ3n) is 2.92. The Bertz CT molecular complexity index is 372. The second-order valence-corrected chi connectivity index (χ2v) is 3.87. The summed E-state index contributed by atoms with van der Waals surface area (Å²) in [5.41, 5.74) is -2.03. The number of benzene rings is 1. The van der Waals surface area contributed by atoms with E-state index < -0.39 is 11.8 Å². The molecule has 1 N–H and O–H groups in total. The summed E-state index contributed by atoms with van der Waals surface area (Å²) in [6, 6.07) is 6.23. The molecule has 0 aliphatic heterocycles. The van der Waals surface area contributed by atoms with Gasteiger partial charge in [0.2, 0.25) is 0 Å². The molecule has 1 aromatic rings. The zero-order chi connectivity index (χ0) is 11.1. The molecule has 0 spiro atoms. The lowest BCUT2D eigenvalue weighted by molar-refractivity contribution is -0.271. The Morgan fingerprint density at radius 2 is 1.87 bits per heavy atom. The van der Waals surface area contributed by atoms with Gasteiger partial charge in [0.1, 0.15) is 0 Å². The van der Waals surface area contributed by atoms with E-state index in [1.807, 2.05) is 0 Å². The molecular weight excluding hydrogens is 205 g/mol. The molecule has 1 aliphatic rings. The van der Waals surface area contributed by atoms with Gasteiger partial charge in [0, 0.05) is 0 Å². The van der Waals surface area contributed by atoms with E-state index in [0.717, 1.165) is 0 Å². The molecule has 0 amide bonds. The van der Waals surface area contributed by atoms with Gasteiger partial charge in [-0.05, 0) is 30.4 Å². The molecule has 0 fully saturated rings. The summed E-state index contributed by atoms with van der Waals surface area (Å²) in [7, 11) is 0. The fourth-order valence-corrected chi connectivity index (χ4v) is 2.11. The molecule has 1 nitrogen and oxygen atoms in total. The maximum Gasteiger partial charge on any atom is 0.421 e. The van der Waals surface area contributed by atoms with Gasteiger partial charge < -0.3 is 5.11 Å². The molecule has 0 bridgehead atoms. The van der Waals surface area contributed by atoms with Crippen molar-refractivity contribution in [3.8, 4) is 0 Å². The Kier molecular flexibility index (Phi) is 2.26. The van der Waals surface area contributed by atoms with Crippen LogP contribution in [-0.2, 0) is 12.0 Å². The number of halogens is 3. The first-order valence-electron chi connectivity index (χ1n) is 4.83. The Hall–Kier alpha value is -1.03. The van der Waals surface area contributed by atoms with Gasteiger partial charge in [-0.2, -0.15) is 13.2 Å². The smallest absolute Gasteiger partial charge is 0.376 e. The highest BCUT2D eigenvalue weighted by Gasteiger charge is 2.56. The van der Waals surface area contributed by atoms with Crippen LogP contribution < -0.4 is 0 Å². The van der Waals surface area contributed by atoms with Crippen LogP contribution in [-0.4, -0.2) is 11.3 Å².